The number of benzene rings is 1. The summed E-state index contributed by atoms with van der Waals surface area (Å²) in [6, 6.07) is 10.5. The number of nitrogens with two attached hydrogens (primary N) is 1. The number of primary amides is 1. The van der Waals surface area contributed by atoms with E-state index in [4.69, 9.17) is 9.72 Å². The Balaban J connectivity index is 0.000000325. The number of ether oxygens (including phenoxy) is 1. The molecule has 0 radical (unpaired) electrons. The number of nitrogens with one attached hydrogen (secondary N) is 1. The number of aliphatic hydroxyl groups is 1. The zero-order valence-corrected chi connectivity index (χ0v) is 18.2. The van der Waals surface area contributed by atoms with E-state index in [0.717, 1.165) is 22.2 Å². The summed E-state index contributed by atoms with van der Waals surface area (Å²) in [5.74, 6) is -0.707. The second kappa shape index (κ2) is 8.39. The predicted molar refractivity (Wildman–Crippen MR) is 116 cm³/mol. The van der Waals surface area contributed by atoms with Crippen LogP contribution < -0.4 is 16.0 Å². The minimum Gasteiger partial charge on any atom is -0.755 e. The van der Waals surface area contributed by atoms with E-state index in [1.807, 2.05) is 30.3 Å². The summed E-state index contributed by atoms with van der Waals surface area (Å²) < 4.78 is 26.9. The number of hydrogen-bond donors (Lipinski definition) is 3. The Morgan fingerprint density at radius 1 is 1.36 bits per heavy atom. The van der Waals surface area contributed by atoms with E-state index in [2.05, 4.69) is 5.73 Å². The van der Waals surface area contributed by atoms with Crippen molar-refractivity contribution in [2.45, 2.75) is 32.1 Å². The molecular formula is C21H19N4O7S-. The number of carbonyl (C=O) groups is 2. The van der Waals surface area contributed by atoms with Crippen molar-refractivity contribution in [2.75, 3.05) is 0 Å². The topological polar surface area (TPSA) is 177 Å². The van der Waals surface area contributed by atoms with Crippen molar-refractivity contribution in [1.82, 2.24) is 14.3 Å². The Bertz CT molecular complexity index is 1380. The highest BCUT2D eigenvalue weighted by Crippen LogP contribution is 2.38. The number of esters is 1. The van der Waals surface area contributed by atoms with Crippen LogP contribution in [-0.4, -0.2) is 35.4 Å². The van der Waals surface area contributed by atoms with E-state index in [1.54, 1.807) is 17.6 Å². The minimum absolute atomic E-state index is 0.110. The second-order valence-corrected chi connectivity index (χ2v) is 8.17. The van der Waals surface area contributed by atoms with Gasteiger partial charge in [0.2, 0.25) is 0 Å². The molecule has 0 fully saturated rings. The van der Waals surface area contributed by atoms with Crippen LogP contribution in [0.3, 0.4) is 0 Å². The second-order valence-electron chi connectivity index (χ2n) is 7.49. The number of nitrogens with zero attached hydrogens (tertiary/aromatic N) is 2. The molecule has 12 heteroatoms. The van der Waals surface area contributed by atoms with Crippen LogP contribution in [0.4, 0.5) is 4.79 Å². The van der Waals surface area contributed by atoms with Gasteiger partial charge in [0, 0.05) is 27.8 Å². The first kappa shape index (κ1) is 22.6. The van der Waals surface area contributed by atoms with Gasteiger partial charge in [0.25, 0.3) is 5.56 Å². The van der Waals surface area contributed by atoms with Crippen molar-refractivity contribution in [3.63, 3.8) is 0 Å². The summed E-state index contributed by atoms with van der Waals surface area (Å²) in [4.78, 5) is 39.4. The first-order valence-corrected chi connectivity index (χ1v) is 10.9. The molecule has 0 saturated carbocycles. The molecule has 2 aliphatic heterocycles. The molecule has 172 valence electrons. The molecular weight excluding hydrogens is 452 g/mol. The first-order chi connectivity index (χ1) is 15.7. The largest absolute Gasteiger partial charge is 0.755 e. The van der Waals surface area contributed by atoms with Crippen LogP contribution in [-0.2, 0) is 39.6 Å². The number of amides is 2. The lowest BCUT2D eigenvalue weighted by molar-refractivity contribution is -0.172. The van der Waals surface area contributed by atoms with Gasteiger partial charge in [0.1, 0.15) is 6.61 Å². The third-order valence-corrected chi connectivity index (χ3v) is 5.97. The van der Waals surface area contributed by atoms with Crippen molar-refractivity contribution < 1.29 is 28.2 Å². The molecule has 4 N–H and O–H groups in total. The quantitative estimate of drug-likeness (QED) is 0.280. The highest BCUT2D eigenvalue weighted by atomic mass is 32.2. The van der Waals surface area contributed by atoms with Gasteiger partial charge in [0.05, 0.1) is 29.0 Å². The molecule has 5 rings (SSSR count). The molecule has 0 bridgehead atoms. The minimum atomic E-state index is -2.57. The van der Waals surface area contributed by atoms with E-state index in [0.29, 0.717) is 23.4 Å². The maximum Gasteiger partial charge on any atom is 0.343 e. The van der Waals surface area contributed by atoms with Crippen molar-refractivity contribution in [1.29, 1.82) is 0 Å². The fraction of sp³-hybridized carbons (Fsp3) is 0.238. The number of aromatic nitrogens is 2. The van der Waals surface area contributed by atoms with Gasteiger partial charge in [-0.1, -0.05) is 25.1 Å². The zero-order chi connectivity index (χ0) is 23.9. The number of pyridine rings is 2. The normalized spacial score (nSPS) is 18.8. The van der Waals surface area contributed by atoms with Crippen molar-refractivity contribution in [3.05, 3.63) is 63.4 Å². The van der Waals surface area contributed by atoms with E-state index in [1.165, 1.54) is 4.72 Å². The van der Waals surface area contributed by atoms with Crippen LogP contribution in [0.25, 0.3) is 22.3 Å². The number of rotatable bonds is 2. The maximum atomic E-state index is 13.0. The number of hydrogen-bond acceptors (Lipinski definition) is 8. The van der Waals surface area contributed by atoms with Crippen LogP contribution in [0.1, 0.15) is 30.0 Å². The highest BCUT2D eigenvalue weighted by Gasteiger charge is 2.45. The third-order valence-electron chi connectivity index (χ3n) is 5.60. The molecule has 2 atom stereocenters. The molecule has 0 saturated heterocycles. The van der Waals surface area contributed by atoms with Crippen LogP contribution in [0.2, 0.25) is 0 Å². The standard InChI is InChI=1S/C20H16N2O4.CH4N2O3S/c1-2-20(25)14-8-16-17-12(7-11-5-3-4-6-15(11)21-17)9-22(16)18(23)13(14)10-26-19(20)24;2-1(4)3-7(5)6/h3-8,25H,2,9-10H2,1H3;(H,5,6)(H3,2,3,4)/p-1. The fourth-order valence-electron chi connectivity index (χ4n) is 4.01. The number of para-hydroxylation sites is 1. The van der Waals surface area contributed by atoms with Gasteiger partial charge < -0.3 is 24.7 Å². The number of cyclic esters (lactones) is 1. The molecule has 0 spiro atoms. The van der Waals surface area contributed by atoms with Crippen LogP contribution in [0.15, 0.2) is 41.2 Å². The molecule has 2 aromatic heterocycles. The Kier molecular flexibility index (Phi) is 5.74. The van der Waals surface area contributed by atoms with Crippen LogP contribution in [0, 0.1) is 0 Å². The molecule has 33 heavy (non-hydrogen) atoms. The van der Waals surface area contributed by atoms with E-state index in [9.17, 15) is 28.3 Å². The summed E-state index contributed by atoms with van der Waals surface area (Å²) in [5, 5.41) is 11.8. The maximum absolute atomic E-state index is 13.0. The zero-order valence-electron chi connectivity index (χ0n) is 17.4. The highest BCUT2D eigenvalue weighted by molar-refractivity contribution is 7.77. The Hall–Kier alpha value is -3.61. The summed E-state index contributed by atoms with van der Waals surface area (Å²) in [6.07, 6.45) is 0.139. The van der Waals surface area contributed by atoms with Crippen molar-refractivity contribution in [3.8, 4) is 11.4 Å². The number of fused-ring (bicyclic) bond motifs is 5. The smallest absolute Gasteiger partial charge is 0.343 e. The first-order valence-electron chi connectivity index (χ1n) is 9.87. The lowest BCUT2D eigenvalue weighted by atomic mass is 9.86. The van der Waals surface area contributed by atoms with Gasteiger partial charge >= 0.3 is 12.0 Å². The lowest BCUT2D eigenvalue weighted by Gasteiger charge is -2.31. The van der Waals surface area contributed by atoms with Gasteiger partial charge in [-0.15, -0.1) is 0 Å². The van der Waals surface area contributed by atoms with E-state index in [-0.39, 0.29) is 18.6 Å². The van der Waals surface area contributed by atoms with Crippen LogP contribution >= 0.6 is 0 Å². The Morgan fingerprint density at radius 2 is 2.09 bits per heavy atom. The summed E-state index contributed by atoms with van der Waals surface area (Å²) >= 11 is -2.57. The van der Waals surface area contributed by atoms with Gasteiger partial charge in [0.15, 0.2) is 5.60 Å². The molecule has 11 nitrogen and oxygen atoms in total. The summed E-state index contributed by atoms with van der Waals surface area (Å²) in [5.41, 5.74) is 6.16. The Morgan fingerprint density at radius 3 is 2.73 bits per heavy atom. The van der Waals surface area contributed by atoms with Gasteiger partial charge in [-0.05, 0) is 24.6 Å². The summed E-state index contributed by atoms with van der Waals surface area (Å²) in [6.45, 7) is 2.01. The van der Waals surface area contributed by atoms with Gasteiger partial charge in [-0.2, -0.15) is 0 Å². The number of urea groups is 1. The average molecular weight is 471 g/mol. The third kappa shape index (κ3) is 3.88. The van der Waals surface area contributed by atoms with Gasteiger partial charge in [-0.3, -0.25) is 13.7 Å². The molecule has 2 aliphatic rings. The Labute approximate surface area is 189 Å². The van der Waals surface area contributed by atoms with E-state index >= 15 is 0 Å². The predicted octanol–water partition coefficient (Wildman–Crippen LogP) is 0.528. The van der Waals surface area contributed by atoms with Crippen LogP contribution in [0.5, 0.6) is 0 Å². The number of carbonyl (C=O) groups excluding carboxylic acids is 2. The monoisotopic (exact) mass is 471 g/mol. The van der Waals surface area contributed by atoms with Crippen molar-refractivity contribution in [2.24, 2.45) is 5.73 Å². The SMILES string of the molecule is CCC1(O)C(=O)OCc2c1cc1n(c2=O)Cc2cc3ccccc3nc2-1.NC(=O)NS(=O)[O-]. The molecule has 4 heterocycles. The fourth-order valence-corrected chi connectivity index (χ4v) is 4.17. The lowest BCUT2D eigenvalue weighted by Crippen LogP contribution is -2.44. The van der Waals surface area contributed by atoms with Crippen molar-refractivity contribution >= 4 is 34.2 Å². The average Bonchev–Trinajstić information content (AvgIpc) is 3.12. The van der Waals surface area contributed by atoms with Gasteiger partial charge in [-0.25, -0.2) is 14.6 Å². The molecule has 1 aromatic carbocycles. The van der Waals surface area contributed by atoms with E-state index < -0.39 is 28.9 Å². The molecule has 2 unspecified atom stereocenters. The summed E-state index contributed by atoms with van der Waals surface area (Å²) in [7, 11) is 0. The molecule has 3 aromatic rings. The molecule has 2 amide bonds. The molecule has 0 aliphatic carbocycles.